The van der Waals surface area contributed by atoms with Gasteiger partial charge in [0.05, 0.1) is 11.1 Å². The minimum Gasteiger partial charge on any atom is -0.456 e. The van der Waals surface area contributed by atoms with E-state index in [0.29, 0.717) is 10.5 Å². The van der Waals surface area contributed by atoms with Crippen molar-refractivity contribution in [2.24, 2.45) is 0 Å². The van der Waals surface area contributed by atoms with E-state index in [-0.39, 0.29) is 17.7 Å². The van der Waals surface area contributed by atoms with Crippen LogP contribution in [0.3, 0.4) is 0 Å². The zero-order valence-electron chi connectivity index (χ0n) is 15.1. The Balaban J connectivity index is 1.72. The van der Waals surface area contributed by atoms with E-state index in [4.69, 9.17) is 16.3 Å². The molecule has 0 saturated heterocycles. The van der Waals surface area contributed by atoms with Gasteiger partial charge in [0.2, 0.25) is 5.82 Å². The molecule has 0 saturated carbocycles. The van der Waals surface area contributed by atoms with E-state index in [1.807, 2.05) is 0 Å². The molecule has 2 heterocycles. The highest BCUT2D eigenvalue weighted by atomic mass is 35.5. The summed E-state index contributed by atoms with van der Waals surface area (Å²) in [5, 5.41) is -0.707. The van der Waals surface area contributed by atoms with E-state index >= 15 is 0 Å². The molecule has 4 rings (SSSR count). The summed E-state index contributed by atoms with van der Waals surface area (Å²) >= 11 is 6.10. The van der Waals surface area contributed by atoms with E-state index in [1.165, 1.54) is 24.3 Å². The number of rotatable bonds is 4. The molecular weight excluding hydrogens is 418 g/mol. The highest BCUT2D eigenvalue weighted by Crippen LogP contribution is 2.37. The lowest BCUT2D eigenvalue weighted by molar-refractivity contribution is 0.0463. The van der Waals surface area contributed by atoms with E-state index in [2.05, 4.69) is 4.98 Å². The van der Waals surface area contributed by atoms with Crippen LogP contribution in [0, 0.1) is 11.8 Å². The van der Waals surface area contributed by atoms with Crippen LogP contribution in [0.15, 0.2) is 54.6 Å². The van der Waals surface area contributed by atoms with Crippen molar-refractivity contribution in [2.75, 3.05) is 4.90 Å². The molecule has 0 N–H and O–H groups in total. The van der Waals surface area contributed by atoms with Crippen molar-refractivity contribution >= 4 is 35.1 Å². The van der Waals surface area contributed by atoms with Gasteiger partial charge in [-0.05, 0) is 17.7 Å². The van der Waals surface area contributed by atoms with Gasteiger partial charge in [0, 0.05) is 0 Å². The average molecular weight is 429 g/mol. The third-order valence-corrected chi connectivity index (χ3v) is 4.80. The summed E-state index contributed by atoms with van der Waals surface area (Å²) in [5.74, 6) is -6.26. The molecule has 0 aliphatic carbocycles. The van der Waals surface area contributed by atoms with Gasteiger partial charge >= 0.3 is 5.97 Å². The number of hydrogen-bond donors (Lipinski definition) is 0. The minimum atomic E-state index is -1.70. The van der Waals surface area contributed by atoms with Crippen LogP contribution in [-0.4, -0.2) is 22.8 Å². The fraction of sp³-hybridized carbons (Fsp3) is 0.0476. The van der Waals surface area contributed by atoms with Gasteiger partial charge in [0.25, 0.3) is 17.8 Å². The van der Waals surface area contributed by atoms with Gasteiger partial charge in [-0.1, -0.05) is 54.1 Å². The summed E-state index contributed by atoms with van der Waals surface area (Å²) in [6.07, 6.45) is 0. The zero-order valence-corrected chi connectivity index (χ0v) is 15.8. The highest BCUT2D eigenvalue weighted by Gasteiger charge is 2.41. The molecule has 30 heavy (non-hydrogen) atoms. The molecule has 1 aliphatic rings. The van der Waals surface area contributed by atoms with Gasteiger partial charge in [-0.25, -0.2) is 14.7 Å². The third kappa shape index (κ3) is 3.21. The number of carbonyl (C=O) groups is 3. The summed E-state index contributed by atoms with van der Waals surface area (Å²) in [6, 6.07) is 14.4. The van der Waals surface area contributed by atoms with Crippen LogP contribution in [0.1, 0.15) is 36.8 Å². The SMILES string of the molecule is O=C(OCc1ccccc1)c1nc(F)c(F)c(N2C(=O)c3ccccc3C2=O)c1Cl. The number of imide groups is 1. The third-order valence-electron chi connectivity index (χ3n) is 4.44. The van der Waals surface area contributed by atoms with Crippen molar-refractivity contribution in [3.8, 4) is 0 Å². The molecule has 1 aromatic heterocycles. The monoisotopic (exact) mass is 428 g/mol. The Morgan fingerprint density at radius 1 is 0.967 bits per heavy atom. The number of anilines is 1. The molecular formula is C21H11ClF2N2O4. The van der Waals surface area contributed by atoms with Gasteiger partial charge in [-0.2, -0.15) is 8.78 Å². The lowest BCUT2D eigenvalue weighted by Crippen LogP contribution is -2.31. The summed E-state index contributed by atoms with van der Waals surface area (Å²) in [5.41, 5.74) is -0.989. The molecule has 6 nitrogen and oxygen atoms in total. The molecule has 150 valence electrons. The number of carbonyl (C=O) groups excluding carboxylic acids is 3. The molecule has 9 heteroatoms. The number of amides is 2. The second-order valence-corrected chi connectivity index (χ2v) is 6.66. The van der Waals surface area contributed by atoms with Crippen molar-refractivity contribution in [3.63, 3.8) is 0 Å². The predicted molar refractivity (Wildman–Crippen MR) is 102 cm³/mol. The topological polar surface area (TPSA) is 76.6 Å². The fourth-order valence-electron chi connectivity index (χ4n) is 3.02. The second-order valence-electron chi connectivity index (χ2n) is 6.28. The van der Waals surface area contributed by atoms with Crippen LogP contribution >= 0.6 is 11.6 Å². The Labute approximate surface area is 173 Å². The van der Waals surface area contributed by atoms with Gasteiger partial charge in [0.1, 0.15) is 17.3 Å². The van der Waals surface area contributed by atoms with Crippen LogP contribution in [0.4, 0.5) is 14.5 Å². The van der Waals surface area contributed by atoms with E-state index in [1.54, 1.807) is 30.3 Å². The molecule has 0 unspecified atom stereocenters. The maximum Gasteiger partial charge on any atom is 0.359 e. The summed E-state index contributed by atoms with van der Waals surface area (Å²) in [4.78, 5) is 41.3. The van der Waals surface area contributed by atoms with Crippen LogP contribution in [0.2, 0.25) is 5.02 Å². The van der Waals surface area contributed by atoms with Gasteiger partial charge < -0.3 is 4.74 Å². The molecule has 0 bridgehead atoms. The standard InChI is InChI=1S/C21H11ClF2N2O4/c22-14-16(21(29)30-10-11-6-2-1-3-7-11)25-18(24)15(23)17(14)26-19(27)12-8-4-5-9-13(12)20(26)28/h1-9H,10H2. The molecule has 2 amide bonds. The van der Waals surface area contributed by atoms with Crippen LogP contribution in [-0.2, 0) is 11.3 Å². The van der Waals surface area contributed by atoms with Crippen molar-refractivity contribution < 1.29 is 27.9 Å². The minimum absolute atomic E-state index is 0.00314. The summed E-state index contributed by atoms with van der Waals surface area (Å²) in [6.45, 7) is -0.168. The Bertz CT molecular complexity index is 1170. The maximum atomic E-state index is 14.6. The van der Waals surface area contributed by atoms with Gasteiger partial charge in [-0.15, -0.1) is 0 Å². The first-order valence-corrected chi connectivity index (χ1v) is 9.01. The van der Waals surface area contributed by atoms with Crippen LogP contribution < -0.4 is 4.90 Å². The lowest BCUT2D eigenvalue weighted by atomic mass is 10.1. The Morgan fingerprint density at radius 2 is 1.53 bits per heavy atom. The quantitative estimate of drug-likeness (QED) is 0.354. The van der Waals surface area contributed by atoms with E-state index in [9.17, 15) is 23.2 Å². The maximum absolute atomic E-state index is 14.6. The highest BCUT2D eigenvalue weighted by molar-refractivity contribution is 6.41. The molecule has 3 aromatic rings. The van der Waals surface area contributed by atoms with Crippen LogP contribution in [0.5, 0.6) is 0 Å². The number of pyridine rings is 1. The number of benzene rings is 2. The molecule has 0 atom stereocenters. The Hall–Kier alpha value is -3.65. The predicted octanol–water partition coefficient (Wildman–Crippen LogP) is 4.17. The first-order valence-electron chi connectivity index (χ1n) is 8.63. The summed E-state index contributed by atoms with van der Waals surface area (Å²) < 4.78 is 33.8. The Kier molecular flexibility index (Phi) is 5.01. The Morgan fingerprint density at radius 3 is 2.13 bits per heavy atom. The first kappa shape index (κ1) is 19.7. The normalized spacial score (nSPS) is 12.8. The van der Waals surface area contributed by atoms with Gasteiger partial charge in [-0.3, -0.25) is 9.59 Å². The zero-order chi connectivity index (χ0) is 21.4. The summed E-state index contributed by atoms with van der Waals surface area (Å²) in [7, 11) is 0. The van der Waals surface area contributed by atoms with Crippen molar-refractivity contribution in [3.05, 3.63) is 93.8 Å². The number of aromatic nitrogens is 1. The molecule has 2 aromatic carbocycles. The van der Waals surface area contributed by atoms with E-state index in [0.717, 1.165) is 0 Å². The second kappa shape index (κ2) is 7.64. The number of esters is 1. The molecule has 0 fully saturated rings. The molecule has 1 aliphatic heterocycles. The van der Waals surface area contributed by atoms with Crippen molar-refractivity contribution in [1.29, 1.82) is 0 Å². The smallest absolute Gasteiger partial charge is 0.359 e. The lowest BCUT2D eigenvalue weighted by Gasteiger charge is -2.18. The average Bonchev–Trinajstić information content (AvgIpc) is 3.01. The van der Waals surface area contributed by atoms with E-state index < -0.39 is 46.0 Å². The van der Waals surface area contributed by atoms with Crippen LogP contribution in [0.25, 0.3) is 0 Å². The number of hydrogen-bond acceptors (Lipinski definition) is 5. The molecule has 0 spiro atoms. The number of halogens is 3. The van der Waals surface area contributed by atoms with Crippen molar-refractivity contribution in [1.82, 2.24) is 4.98 Å². The molecule has 0 radical (unpaired) electrons. The number of ether oxygens (including phenoxy) is 1. The van der Waals surface area contributed by atoms with Gasteiger partial charge in [0.15, 0.2) is 5.69 Å². The number of nitrogens with zero attached hydrogens (tertiary/aromatic N) is 2. The fourth-order valence-corrected chi connectivity index (χ4v) is 3.30. The van der Waals surface area contributed by atoms with Crippen molar-refractivity contribution in [2.45, 2.75) is 6.61 Å². The number of fused-ring (bicyclic) bond motifs is 1. The first-order chi connectivity index (χ1) is 14.4. The largest absolute Gasteiger partial charge is 0.456 e.